The minimum atomic E-state index is -4.40. The van der Waals surface area contributed by atoms with E-state index in [2.05, 4.69) is 16.2 Å². The molecule has 1 amide bonds. The molecule has 5 rings (SSSR count). The first-order chi connectivity index (χ1) is 14.9. The second kappa shape index (κ2) is 7.51. The molecule has 0 radical (unpaired) electrons. The lowest BCUT2D eigenvalue weighted by atomic mass is 9.90. The Morgan fingerprint density at radius 2 is 1.81 bits per heavy atom. The molecule has 1 aromatic heterocycles. The predicted molar refractivity (Wildman–Crippen MR) is 108 cm³/mol. The number of hydrogen-bond acceptors (Lipinski definition) is 4. The molecule has 1 aliphatic carbocycles. The zero-order chi connectivity index (χ0) is 21.6. The zero-order valence-corrected chi connectivity index (χ0v) is 16.7. The highest BCUT2D eigenvalue weighted by Gasteiger charge is 2.36. The van der Waals surface area contributed by atoms with Gasteiger partial charge in [0.25, 0.3) is 0 Å². The second-order valence-corrected chi connectivity index (χ2v) is 8.06. The van der Waals surface area contributed by atoms with Crippen LogP contribution in [-0.4, -0.2) is 22.6 Å². The Bertz CT molecular complexity index is 1120. The fraction of sp³-hybridized carbons (Fsp3) is 0.348. The van der Waals surface area contributed by atoms with Crippen LogP contribution in [0, 0.1) is 0 Å². The Hall–Kier alpha value is -3.16. The van der Waals surface area contributed by atoms with Gasteiger partial charge in [0.1, 0.15) is 0 Å². The monoisotopic (exact) mass is 427 g/mol. The molecule has 1 fully saturated rings. The van der Waals surface area contributed by atoms with Gasteiger partial charge >= 0.3 is 6.18 Å². The second-order valence-electron chi connectivity index (χ2n) is 8.06. The molecule has 0 saturated carbocycles. The third-order valence-corrected chi connectivity index (χ3v) is 6.05. The van der Waals surface area contributed by atoms with Crippen LogP contribution >= 0.6 is 0 Å². The molecule has 0 bridgehead atoms. The number of hydrogen-bond donors (Lipinski definition) is 0. The van der Waals surface area contributed by atoms with Crippen LogP contribution < -0.4 is 4.90 Å². The molecule has 2 aliphatic rings. The van der Waals surface area contributed by atoms with Crippen LogP contribution in [0.15, 0.2) is 47.0 Å². The molecule has 1 aliphatic heterocycles. The summed E-state index contributed by atoms with van der Waals surface area (Å²) in [5, 5.41) is 3.92. The average Bonchev–Trinajstić information content (AvgIpc) is 3.40. The van der Waals surface area contributed by atoms with E-state index in [-0.39, 0.29) is 24.1 Å². The number of anilines is 1. The number of fused-ring (bicyclic) bond motifs is 1. The van der Waals surface area contributed by atoms with Crippen molar-refractivity contribution in [3.63, 3.8) is 0 Å². The molecule has 1 atom stereocenters. The van der Waals surface area contributed by atoms with E-state index in [1.807, 2.05) is 12.1 Å². The van der Waals surface area contributed by atoms with Gasteiger partial charge < -0.3 is 9.42 Å². The summed E-state index contributed by atoms with van der Waals surface area (Å²) in [6.07, 6.45) is 0.161. The summed E-state index contributed by atoms with van der Waals surface area (Å²) >= 11 is 0. The minimum absolute atomic E-state index is 0.0123. The zero-order valence-electron chi connectivity index (χ0n) is 16.7. The first-order valence-electron chi connectivity index (χ1n) is 10.3. The third-order valence-electron chi connectivity index (χ3n) is 6.05. The average molecular weight is 427 g/mol. The maximum atomic E-state index is 12.8. The largest absolute Gasteiger partial charge is 0.416 e. The van der Waals surface area contributed by atoms with Gasteiger partial charge in [0, 0.05) is 24.2 Å². The summed E-state index contributed by atoms with van der Waals surface area (Å²) in [5.74, 6) is 0.308. The van der Waals surface area contributed by atoms with E-state index in [1.165, 1.54) is 29.7 Å². The number of alkyl halides is 3. The first-order valence-corrected chi connectivity index (χ1v) is 10.3. The van der Waals surface area contributed by atoms with Gasteiger partial charge in [-0.3, -0.25) is 4.79 Å². The summed E-state index contributed by atoms with van der Waals surface area (Å²) in [7, 11) is 0. The van der Waals surface area contributed by atoms with Crippen LogP contribution in [0.3, 0.4) is 0 Å². The number of carbonyl (C=O) groups excluding carboxylic acids is 1. The molecule has 1 saturated heterocycles. The maximum Gasteiger partial charge on any atom is 0.416 e. The molecule has 3 aromatic rings. The van der Waals surface area contributed by atoms with Gasteiger partial charge in [-0.1, -0.05) is 29.4 Å². The van der Waals surface area contributed by atoms with E-state index in [0.717, 1.165) is 37.1 Å². The Morgan fingerprint density at radius 3 is 2.58 bits per heavy atom. The summed E-state index contributed by atoms with van der Waals surface area (Å²) in [6, 6.07) is 10.7. The highest BCUT2D eigenvalue weighted by molar-refractivity contribution is 5.97. The van der Waals surface area contributed by atoms with E-state index in [9.17, 15) is 18.0 Å². The topological polar surface area (TPSA) is 59.2 Å². The Morgan fingerprint density at radius 1 is 1.03 bits per heavy atom. The molecule has 0 spiro atoms. The van der Waals surface area contributed by atoms with Crippen molar-refractivity contribution in [2.24, 2.45) is 0 Å². The van der Waals surface area contributed by atoms with Crippen LogP contribution in [0.2, 0.25) is 0 Å². The molecule has 8 heteroatoms. The smallest absolute Gasteiger partial charge is 0.339 e. The number of amides is 1. The molecule has 31 heavy (non-hydrogen) atoms. The van der Waals surface area contributed by atoms with E-state index in [0.29, 0.717) is 18.0 Å². The molecule has 1 unspecified atom stereocenters. The summed E-state index contributed by atoms with van der Waals surface area (Å²) in [5.41, 5.74) is 3.22. The molecule has 0 N–H and O–H groups in total. The first kappa shape index (κ1) is 19.8. The Balaban J connectivity index is 1.36. The fourth-order valence-electron chi connectivity index (χ4n) is 4.45. The standard InChI is InChI=1S/C23H20F3N3O2/c24-23(25,26)17-10-8-15(9-11-17)21-27-22(31-28-21)16-12-20(30)29(13-16)19-7-3-5-14-4-1-2-6-18(14)19/h3,5,7-11,16H,1-2,4,6,12-13H2. The quantitative estimate of drug-likeness (QED) is 0.580. The van der Waals surface area contributed by atoms with E-state index in [4.69, 9.17) is 4.52 Å². The normalized spacial score (nSPS) is 19.0. The number of carbonyl (C=O) groups is 1. The lowest BCUT2D eigenvalue weighted by Gasteiger charge is -2.25. The van der Waals surface area contributed by atoms with Crippen LogP contribution in [-0.2, 0) is 23.8 Å². The van der Waals surface area contributed by atoms with Crippen molar-refractivity contribution in [2.45, 2.75) is 44.2 Å². The van der Waals surface area contributed by atoms with Gasteiger partial charge in [-0.15, -0.1) is 0 Å². The number of benzene rings is 2. The maximum absolute atomic E-state index is 12.8. The number of aryl methyl sites for hydroxylation is 1. The van der Waals surface area contributed by atoms with Crippen molar-refractivity contribution in [3.05, 3.63) is 65.0 Å². The van der Waals surface area contributed by atoms with Crippen molar-refractivity contribution < 1.29 is 22.5 Å². The molecular weight excluding hydrogens is 407 g/mol. The summed E-state index contributed by atoms with van der Waals surface area (Å²) in [6.45, 7) is 0.448. The van der Waals surface area contributed by atoms with Crippen LogP contribution in [0.1, 0.15) is 47.8 Å². The lowest BCUT2D eigenvalue weighted by molar-refractivity contribution is -0.137. The predicted octanol–water partition coefficient (Wildman–Crippen LogP) is 5.15. The van der Waals surface area contributed by atoms with Crippen LogP contribution in [0.4, 0.5) is 18.9 Å². The van der Waals surface area contributed by atoms with Gasteiger partial charge in [0.2, 0.25) is 17.6 Å². The Labute approximate surface area is 176 Å². The van der Waals surface area contributed by atoms with Crippen LogP contribution in [0.25, 0.3) is 11.4 Å². The minimum Gasteiger partial charge on any atom is -0.339 e. The highest BCUT2D eigenvalue weighted by Crippen LogP contribution is 2.37. The summed E-state index contributed by atoms with van der Waals surface area (Å²) < 4.78 is 43.7. The molecule has 2 heterocycles. The van der Waals surface area contributed by atoms with Gasteiger partial charge in [-0.05, 0) is 55.0 Å². The number of nitrogens with zero attached hydrogens (tertiary/aromatic N) is 3. The van der Waals surface area contributed by atoms with Gasteiger partial charge in [-0.25, -0.2) is 0 Å². The molecule has 2 aromatic carbocycles. The third kappa shape index (κ3) is 3.71. The van der Waals surface area contributed by atoms with Gasteiger partial charge in [0.05, 0.1) is 11.5 Å². The summed E-state index contributed by atoms with van der Waals surface area (Å²) in [4.78, 5) is 19.0. The van der Waals surface area contributed by atoms with Crippen molar-refractivity contribution in [1.29, 1.82) is 0 Å². The molecule has 5 nitrogen and oxygen atoms in total. The number of halogens is 3. The molecular formula is C23H20F3N3O2. The van der Waals surface area contributed by atoms with Crippen molar-refractivity contribution in [3.8, 4) is 11.4 Å². The fourth-order valence-corrected chi connectivity index (χ4v) is 4.45. The van der Waals surface area contributed by atoms with E-state index < -0.39 is 11.7 Å². The van der Waals surface area contributed by atoms with Gasteiger partial charge in [0.15, 0.2) is 0 Å². The van der Waals surface area contributed by atoms with E-state index >= 15 is 0 Å². The van der Waals surface area contributed by atoms with Crippen molar-refractivity contribution in [2.75, 3.05) is 11.4 Å². The van der Waals surface area contributed by atoms with Gasteiger partial charge in [-0.2, -0.15) is 18.2 Å². The van der Waals surface area contributed by atoms with Crippen molar-refractivity contribution >= 4 is 11.6 Å². The molecule has 160 valence electrons. The number of aromatic nitrogens is 2. The van der Waals surface area contributed by atoms with Crippen LogP contribution in [0.5, 0.6) is 0 Å². The Kier molecular flexibility index (Phi) is 4.79. The van der Waals surface area contributed by atoms with E-state index in [1.54, 1.807) is 4.90 Å². The highest BCUT2D eigenvalue weighted by atomic mass is 19.4. The number of rotatable bonds is 3. The SMILES string of the molecule is O=C1CC(c2nc(-c3ccc(C(F)(F)F)cc3)no2)CN1c1cccc2c1CCCC2. The lowest BCUT2D eigenvalue weighted by Crippen LogP contribution is -2.26. The van der Waals surface area contributed by atoms with Crippen molar-refractivity contribution in [1.82, 2.24) is 10.1 Å².